The van der Waals surface area contributed by atoms with Crippen molar-refractivity contribution >= 4 is 12.1 Å². The van der Waals surface area contributed by atoms with Gasteiger partial charge in [-0.15, -0.1) is 5.53 Å². The minimum absolute atomic E-state index is 0.456. The van der Waals surface area contributed by atoms with Gasteiger partial charge in [-0.3, -0.25) is 4.79 Å². The Morgan fingerprint density at radius 3 is 2.57 bits per heavy atom. The minimum atomic E-state index is -1.10. The van der Waals surface area contributed by atoms with Crippen molar-refractivity contribution in [2.75, 3.05) is 7.11 Å². The number of hydrogen-bond acceptors (Lipinski definition) is 7. The number of rotatable bonds is 2. The van der Waals surface area contributed by atoms with Crippen LogP contribution in [0.1, 0.15) is 17.2 Å². The van der Waals surface area contributed by atoms with Crippen molar-refractivity contribution in [2.45, 2.75) is 12.1 Å². The maximum atomic E-state index is 11.5. The number of ether oxygens (including phenoxy) is 1. The molecule has 0 saturated carbocycles. The number of carboxylic acid groups (broad SMARTS) is 1. The summed E-state index contributed by atoms with van der Waals surface area (Å²) in [7, 11) is 1.20. The number of nitrogens with one attached hydrogen (secondary N) is 3. The van der Waals surface area contributed by atoms with Gasteiger partial charge in [0, 0.05) is 0 Å². The highest BCUT2D eigenvalue weighted by molar-refractivity contribution is 5.75. The first-order valence-corrected chi connectivity index (χ1v) is 5.95. The Morgan fingerprint density at radius 1 is 1.38 bits per heavy atom. The van der Waals surface area contributed by atoms with Crippen molar-refractivity contribution in [1.29, 1.82) is 5.26 Å². The average Bonchev–Trinajstić information content (AvgIpc) is 2.53. The largest absolute Gasteiger partial charge is 0.480 e. The van der Waals surface area contributed by atoms with Gasteiger partial charge in [0.2, 0.25) is 0 Å². The third kappa shape index (κ3) is 3.09. The molecule has 9 heteroatoms. The first kappa shape index (κ1) is 14.7. The van der Waals surface area contributed by atoms with Crippen LogP contribution in [0.4, 0.5) is 4.79 Å². The molecule has 1 aliphatic rings. The normalized spacial score (nSPS) is 21.4. The average molecular weight is 291 g/mol. The summed E-state index contributed by atoms with van der Waals surface area (Å²) in [5.74, 6) is -1.10. The van der Waals surface area contributed by atoms with Crippen LogP contribution in [-0.2, 0) is 9.53 Å². The van der Waals surface area contributed by atoms with Gasteiger partial charge in [0.05, 0.1) is 24.8 Å². The summed E-state index contributed by atoms with van der Waals surface area (Å²) in [5, 5.41) is 18.9. The fourth-order valence-corrected chi connectivity index (χ4v) is 1.89. The van der Waals surface area contributed by atoms with Crippen LogP contribution < -0.4 is 16.4 Å². The Balaban J connectivity index is 2.26. The Labute approximate surface area is 120 Å². The van der Waals surface area contributed by atoms with E-state index in [2.05, 4.69) is 21.1 Å². The van der Waals surface area contributed by atoms with Gasteiger partial charge in [-0.05, 0) is 17.7 Å². The van der Waals surface area contributed by atoms with Crippen molar-refractivity contribution < 1.29 is 19.4 Å². The van der Waals surface area contributed by atoms with Crippen molar-refractivity contribution in [1.82, 2.24) is 21.5 Å². The number of nitrogens with zero attached hydrogens (tertiary/aromatic N) is 2. The highest BCUT2D eigenvalue weighted by Crippen LogP contribution is 2.20. The molecular formula is C12H13N5O4. The number of hydrogen-bond donors (Lipinski definition) is 4. The number of benzene rings is 1. The van der Waals surface area contributed by atoms with E-state index < -0.39 is 24.1 Å². The second-order valence-corrected chi connectivity index (χ2v) is 4.22. The van der Waals surface area contributed by atoms with E-state index in [1.165, 1.54) is 7.11 Å². The molecule has 4 N–H and O–H groups in total. The summed E-state index contributed by atoms with van der Waals surface area (Å²) in [5.41, 5.74) is 8.66. The second kappa shape index (κ2) is 6.19. The van der Waals surface area contributed by atoms with Crippen LogP contribution in [0.5, 0.6) is 0 Å². The summed E-state index contributed by atoms with van der Waals surface area (Å²) in [4.78, 5) is 22.7. The predicted octanol–water partition coefficient (Wildman–Crippen LogP) is -0.352. The summed E-state index contributed by atoms with van der Waals surface area (Å²) >= 11 is 0. The number of aliphatic carboxylic acids is 1. The molecule has 2 atom stereocenters. The standard InChI is InChI=1S/C12H13N5O4/c1-21-12(20)17-15-9(10(11(18)19)14-16-17)8-4-2-7(6-13)3-5-8/h2-5,9-10,14-16H,1H3,(H,18,19). The van der Waals surface area contributed by atoms with E-state index >= 15 is 0 Å². The summed E-state index contributed by atoms with van der Waals surface area (Å²) in [6.07, 6.45) is -0.731. The predicted molar refractivity (Wildman–Crippen MR) is 69.0 cm³/mol. The van der Waals surface area contributed by atoms with Gasteiger partial charge in [0.1, 0.15) is 6.04 Å². The molecule has 110 valence electrons. The maximum absolute atomic E-state index is 11.5. The third-order valence-electron chi connectivity index (χ3n) is 2.96. The van der Waals surface area contributed by atoms with Crippen LogP contribution >= 0.6 is 0 Å². The topological polar surface area (TPSA) is 127 Å². The van der Waals surface area contributed by atoms with Crippen molar-refractivity contribution in [2.24, 2.45) is 0 Å². The molecule has 0 spiro atoms. The van der Waals surface area contributed by atoms with Gasteiger partial charge in [-0.1, -0.05) is 12.1 Å². The van der Waals surface area contributed by atoms with E-state index in [0.29, 0.717) is 11.1 Å². The molecule has 1 amide bonds. The highest BCUT2D eigenvalue weighted by atomic mass is 16.6. The van der Waals surface area contributed by atoms with Crippen LogP contribution in [0, 0.1) is 11.3 Å². The van der Waals surface area contributed by atoms with Crippen molar-refractivity contribution in [3.05, 3.63) is 35.4 Å². The van der Waals surface area contributed by atoms with Gasteiger partial charge in [-0.2, -0.15) is 10.4 Å². The van der Waals surface area contributed by atoms with E-state index in [1.807, 2.05) is 6.07 Å². The van der Waals surface area contributed by atoms with Crippen LogP contribution in [0.2, 0.25) is 0 Å². The number of hydrazine groups is 3. The molecule has 1 saturated heterocycles. The molecule has 0 aromatic heterocycles. The maximum Gasteiger partial charge on any atom is 0.440 e. The molecule has 1 aromatic rings. The van der Waals surface area contributed by atoms with Crippen LogP contribution in [0.3, 0.4) is 0 Å². The zero-order valence-electron chi connectivity index (χ0n) is 11.0. The van der Waals surface area contributed by atoms with E-state index in [1.54, 1.807) is 24.3 Å². The van der Waals surface area contributed by atoms with Gasteiger partial charge < -0.3 is 9.84 Å². The van der Waals surface area contributed by atoms with E-state index in [-0.39, 0.29) is 0 Å². The fourth-order valence-electron chi connectivity index (χ4n) is 1.89. The van der Waals surface area contributed by atoms with Gasteiger partial charge in [0.15, 0.2) is 0 Å². The molecule has 1 fully saturated rings. The number of nitriles is 1. The summed E-state index contributed by atoms with van der Waals surface area (Å²) in [6, 6.07) is 6.62. The molecule has 0 bridgehead atoms. The Hall–Kier alpha value is -2.67. The van der Waals surface area contributed by atoms with Crippen LogP contribution in [0.15, 0.2) is 24.3 Å². The first-order valence-electron chi connectivity index (χ1n) is 5.95. The molecule has 2 rings (SSSR count). The fraction of sp³-hybridized carbons (Fsp3) is 0.250. The quantitative estimate of drug-likeness (QED) is 0.582. The Bertz CT molecular complexity index is 582. The first-order chi connectivity index (χ1) is 10.1. The number of carbonyl (C=O) groups excluding carboxylic acids is 1. The molecule has 21 heavy (non-hydrogen) atoms. The Morgan fingerprint density at radius 2 is 2.05 bits per heavy atom. The lowest BCUT2D eigenvalue weighted by atomic mass is 9.99. The van der Waals surface area contributed by atoms with E-state index in [4.69, 9.17) is 5.26 Å². The SMILES string of the molecule is COC(=O)N1NNC(C(=O)O)C(c2ccc(C#N)cc2)N1. The molecule has 2 unspecified atom stereocenters. The number of amides is 1. The molecule has 1 aromatic carbocycles. The van der Waals surface area contributed by atoms with E-state index in [9.17, 15) is 14.7 Å². The lowest BCUT2D eigenvalue weighted by Gasteiger charge is -2.37. The second-order valence-electron chi connectivity index (χ2n) is 4.22. The van der Waals surface area contributed by atoms with Crippen molar-refractivity contribution in [3.8, 4) is 6.07 Å². The van der Waals surface area contributed by atoms with Crippen LogP contribution in [-0.4, -0.2) is 35.4 Å². The summed E-state index contributed by atoms with van der Waals surface area (Å²) < 4.78 is 4.54. The lowest BCUT2D eigenvalue weighted by molar-refractivity contribution is -0.144. The third-order valence-corrected chi connectivity index (χ3v) is 2.96. The number of carbonyl (C=O) groups is 2. The molecule has 0 aliphatic carbocycles. The van der Waals surface area contributed by atoms with Crippen molar-refractivity contribution in [3.63, 3.8) is 0 Å². The van der Waals surface area contributed by atoms with E-state index in [0.717, 1.165) is 5.12 Å². The smallest absolute Gasteiger partial charge is 0.440 e. The van der Waals surface area contributed by atoms with Gasteiger partial charge in [0.25, 0.3) is 0 Å². The number of methoxy groups -OCH3 is 1. The van der Waals surface area contributed by atoms with Crippen LogP contribution in [0.25, 0.3) is 0 Å². The zero-order valence-corrected chi connectivity index (χ0v) is 11.0. The molecule has 1 heterocycles. The zero-order chi connectivity index (χ0) is 15.4. The van der Waals surface area contributed by atoms with Gasteiger partial charge >= 0.3 is 12.1 Å². The molecule has 1 aliphatic heterocycles. The summed E-state index contributed by atoms with van der Waals surface area (Å²) in [6.45, 7) is 0. The van der Waals surface area contributed by atoms with Gasteiger partial charge in [-0.25, -0.2) is 15.6 Å². The Kier molecular flexibility index (Phi) is 4.34. The highest BCUT2D eigenvalue weighted by Gasteiger charge is 2.36. The molecular weight excluding hydrogens is 278 g/mol. The monoisotopic (exact) mass is 291 g/mol. The number of carboxylic acids is 1. The molecule has 0 radical (unpaired) electrons. The lowest BCUT2D eigenvalue weighted by Crippen LogP contribution is -2.69. The molecule has 9 nitrogen and oxygen atoms in total. The minimum Gasteiger partial charge on any atom is -0.480 e.